The Balaban J connectivity index is 2.47. The molecule has 0 aliphatic carbocycles. The van der Waals surface area contributed by atoms with Crippen molar-refractivity contribution >= 4 is 12.2 Å². The van der Waals surface area contributed by atoms with E-state index in [-0.39, 0.29) is 30.7 Å². The molecule has 0 radical (unpaired) electrons. The van der Waals surface area contributed by atoms with Gasteiger partial charge in [-0.05, 0) is 24.6 Å². The van der Waals surface area contributed by atoms with Gasteiger partial charge in [-0.2, -0.15) is 6.21 Å². The second-order valence-corrected chi connectivity index (χ2v) is 4.20. The number of ether oxygens (including phenoxy) is 1. The van der Waals surface area contributed by atoms with Crippen LogP contribution >= 0.6 is 0 Å². The van der Waals surface area contributed by atoms with Gasteiger partial charge in [0.2, 0.25) is 0 Å². The van der Waals surface area contributed by atoms with Gasteiger partial charge in [0.25, 0.3) is 5.92 Å². The maximum Gasteiger partial charge on any atom is 0.335 e. The standard InChI is InChI=1S/C14H15F2N2O3/c1-2-14(15,16)6-3-7-21-10-4-5-12(18-9-10)11(8-17)13(19)20/h2,4-5,8-9,18H,1,3,6-7H2,(H,19,20)/q-1/b12-11+. The van der Waals surface area contributed by atoms with Gasteiger partial charge in [-0.15, -0.1) is 0 Å². The molecule has 1 rings (SSSR count). The largest absolute Gasteiger partial charge is 0.810 e. The van der Waals surface area contributed by atoms with E-state index < -0.39 is 11.9 Å². The molecule has 0 amide bonds. The lowest BCUT2D eigenvalue weighted by Gasteiger charge is -2.16. The SMILES string of the molecule is C=CC(F)(F)CCCOC1=CN/C(=C(\C=[N-])C(=O)O)C=C1. The lowest BCUT2D eigenvalue weighted by atomic mass is 10.1. The van der Waals surface area contributed by atoms with E-state index in [0.29, 0.717) is 18.0 Å². The van der Waals surface area contributed by atoms with Gasteiger partial charge in [0.15, 0.2) is 0 Å². The molecule has 0 fully saturated rings. The summed E-state index contributed by atoms with van der Waals surface area (Å²) < 4.78 is 31.0. The maximum atomic E-state index is 12.9. The minimum atomic E-state index is -2.90. The van der Waals surface area contributed by atoms with E-state index >= 15 is 0 Å². The highest BCUT2D eigenvalue weighted by atomic mass is 19.3. The van der Waals surface area contributed by atoms with Gasteiger partial charge in [0.05, 0.1) is 17.9 Å². The molecule has 1 aliphatic rings. The Morgan fingerprint density at radius 1 is 1.52 bits per heavy atom. The number of carboxylic acids is 1. The Kier molecular flexibility index (Phi) is 5.83. The van der Waals surface area contributed by atoms with E-state index in [1.54, 1.807) is 0 Å². The molecule has 0 atom stereocenters. The second-order valence-electron chi connectivity index (χ2n) is 4.20. The van der Waals surface area contributed by atoms with Gasteiger partial charge in [-0.25, -0.2) is 13.6 Å². The molecule has 1 heterocycles. The van der Waals surface area contributed by atoms with Crippen molar-refractivity contribution in [2.24, 2.45) is 0 Å². The molecule has 7 heteroatoms. The third-order valence-corrected chi connectivity index (χ3v) is 2.66. The molecule has 0 aromatic carbocycles. The fourth-order valence-electron chi connectivity index (χ4n) is 1.51. The van der Waals surface area contributed by atoms with Crippen molar-refractivity contribution in [2.75, 3.05) is 6.61 Å². The van der Waals surface area contributed by atoms with Crippen molar-refractivity contribution in [1.29, 1.82) is 0 Å². The molecular weight excluding hydrogens is 282 g/mol. The molecule has 0 aromatic heterocycles. The normalized spacial score (nSPS) is 16.6. The fourth-order valence-corrected chi connectivity index (χ4v) is 1.51. The average molecular weight is 297 g/mol. The molecule has 5 nitrogen and oxygen atoms in total. The van der Waals surface area contributed by atoms with Crippen LogP contribution in [0.3, 0.4) is 0 Å². The van der Waals surface area contributed by atoms with E-state index in [1.165, 1.54) is 18.4 Å². The number of hydrogen-bond acceptors (Lipinski definition) is 3. The molecule has 114 valence electrons. The van der Waals surface area contributed by atoms with E-state index in [0.717, 1.165) is 0 Å². The Labute approximate surface area is 120 Å². The van der Waals surface area contributed by atoms with Crippen LogP contribution in [-0.2, 0) is 9.53 Å². The highest BCUT2D eigenvalue weighted by Gasteiger charge is 2.23. The third-order valence-electron chi connectivity index (χ3n) is 2.66. The number of nitrogens with zero attached hydrogens (tertiary/aromatic N) is 1. The predicted molar refractivity (Wildman–Crippen MR) is 74.8 cm³/mol. The zero-order valence-electron chi connectivity index (χ0n) is 11.2. The average Bonchev–Trinajstić information content (AvgIpc) is 2.45. The topological polar surface area (TPSA) is 80.9 Å². The summed E-state index contributed by atoms with van der Waals surface area (Å²) in [5, 5.41) is 20.3. The number of carboxylic acid groups (broad SMARTS) is 1. The van der Waals surface area contributed by atoms with Crippen molar-refractivity contribution in [3.63, 3.8) is 0 Å². The predicted octanol–water partition coefficient (Wildman–Crippen LogP) is 2.58. The number of nitrogens with one attached hydrogen (secondary N) is 1. The van der Waals surface area contributed by atoms with Gasteiger partial charge >= 0.3 is 5.97 Å². The summed E-state index contributed by atoms with van der Waals surface area (Å²) in [5.74, 6) is -3.81. The smallest absolute Gasteiger partial charge is 0.335 e. The van der Waals surface area contributed by atoms with Crippen LogP contribution in [0.2, 0.25) is 0 Å². The van der Waals surface area contributed by atoms with Gasteiger partial charge in [0.1, 0.15) is 5.76 Å². The molecule has 0 bridgehead atoms. The van der Waals surface area contributed by atoms with Crippen LogP contribution in [0, 0.1) is 0 Å². The molecule has 0 unspecified atom stereocenters. The van der Waals surface area contributed by atoms with Crippen molar-refractivity contribution in [3.8, 4) is 0 Å². The first-order valence-corrected chi connectivity index (χ1v) is 6.13. The number of carbonyl (C=O) groups is 1. The van der Waals surface area contributed by atoms with Crippen LogP contribution in [0.5, 0.6) is 0 Å². The van der Waals surface area contributed by atoms with Crippen LogP contribution < -0.4 is 5.32 Å². The van der Waals surface area contributed by atoms with Crippen LogP contribution in [-0.4, -0.2) is 29.8 Å². The summed E-state index contributed by atoms with van der Waals surface area (Å²) in [6.45, 7) is 3.14. The molecule has 0 saturated heterocycles. The second kappa shape index (κ2) is 7.37. The van der Waals surface area contributed by atoms with Crippen LogP contribution in [0.25, 0.3) is 5.41 Å². The minimum absolute atomic E-state index is 0.0955. The first kappa shape index (κ1) is 16.6. The monoisotopic (exact) mass is 297 g/mol. The van der Waals surface area contributed by atoms with Crippen LogP contribution in [0.4, 0.5) is 8.78 Å². The highest BCUT2D eigenvalue weighted by molar-refractivity contribution is 6.10. The molecule has 21 heavy (non-hydrogen) atoms. The lowest BCUT2D eigenvalue weighted by Crippen LogP contribution is -2.17. The van der Waals surface area contributed by atoms with E-state index in [4.69, 9.17) is 15.3 Å². The van der Waals surface area contributed by atoms with Gasteiger partial charge < -0.3 is 20.6 Å². The number of alkyl halides is 2. The van der Waals surface area contributed by atoms with Crippen LogP contribution in [0.1, 0.15) is 12.8 Å². The maximum absolute atomic E-state index is 12.9. The number of dihydropyridines is 1. The van der Waals surface area contributed by atoms with Gasteiger partial charge in [0, 0.05) is 12.6 Å². The fraction of sp³-hybridized carbons (Fsp3) is 0.286. The molecule has 2 N–H and O–H groups in total. The first-order chi connectivity index (χ1) is 9.89. The van der Waals surface area contributed by atoms with E-state index in [1.807, 2.05) is 0 Å². The Bertz CT molecular complexity index is 522. The highest BCUT2D eigenvalue weighted by Crippen LogP contribution is 2.21. The Hall–Kier alpha value is -2.44. The van der Waals surface area contributed by atoms with E-state index in [9.17, 15) is 13.6 Å². The Morgan fingerprint density at radius 3 is 2.71 bits per heavy atom. The summed E-state index contributed by atoms with van der Waals surface area (Å²) in [6.07, 6.45) is 5.14. The third kappa shape index (κ3) is 5.21. The summed E-state index contributed by atoms with van der Waals surface area (Å²) in [6, 6.07) is 0. The van der Waals surface area contributed by atoms with Crippen LogP contribution in [0.15, 0.2) is 48.0 Å². The van der Waals surface area contributed by atoms with Gasteiger partial charge in [-0.1, -0.05) is 6.58 Å². The Morgan fingerprint density at radius 2 is 2.24 bits per heavy atom. The quantitative estimate of drug-likeness (QED) is 0.312. The number of allylic oxidation sites excluding steroid dienone is 3. The van der Waals surface area contributed by atoms with Gasteiger partial charge in [-0.3, -0.25) is 0 Å². The van der Waals surface area contributed by atoms with Crippen molar-refractivity contribution < 1.29 is 23.4 Å². The van der Waals surface area contributed by atoms with Crippen molar-refractivity contribution in [2.45, 2.75) is 18.8 Å². The lowest BCUT2D eigenvalue weighted by molar-refractivity contribution is -0.132. The summed E-state index contributed by atoms with van der Waals surface area (Å²) in [5.41, 5.74) is -0.109. The molecule has 1 aliphatic heterocycles. The zero-order chi connectivity index (χ0) is 15.9. The van der Waals surface area contributed by atoms with E-state index in [2.05, 4.69) is 11.9 Å². The molecule has 0 saturated carbocycles. The molecule has 0 spiro atoms. The summed E-state index contributed by atoms with van der Waals surface area (Å²) in [7, 11) is 0. The zero-order valence-corrected chi connectivity index (χ0v) is 11.2. The summed E-state index contributed by atoms with van der Waals surface area (Å²) >= 11 is 0. The first-order valence-electron chi connectivity index (χ1n) is 6.13. The number of rotatable bonds is 8. The molecule has 0 aromatic rings. The molecular formula is C14H15F2N2O3-. The number of halogens is 2. The van der Waals surface area contributed by atoms with Crippen molar-refractivity contribution in [3.05, 3.63) is 53.4 Å². The number of aliphatic carboxylic acids is 1. The number of hydrogen-bond donors (Lipinski definition) is 2. The minimum Gasteiger partial charge on any atom is -0.810 e. The summed E-state index contributed by atoms with van der Waals surface area (Å²) in [4.78, 5) is 10.8. The van der Waals surface area contributed by atoms with Crippen molar-refractivity contribution in [1.82, 2.24) is 5.32 Å².